The van der Waals surface area contributed by atoms with Gasteiger partial charge in [-0.2, -0.15) is 4.98 Å². The second-order valence-corrected chi connectivity index (χ2v) is 8.95. The lowest BCUT2D eigenvalue weighted by Crippen LogP contribution is -2.42. The molecule has 27 heavy (non-hydrogen) atoms. The molecule has 0 radical (unpaired) electrons. The summed E-state index contributed by atoms with van der Waals surface area (Å²) in [5.74, 6) is 1.95. The molecule has 0 spiro atoms. The highest BCUT2D eigenvalue weighted by atomic mass is 35.5. The van der Waals surface area contributed by atoms with Crippen LogP contribution in [-0.4, -0.2) is 29.7 Å². The molecule has 0 aliphatic rings. The van der Waals surface area contributed by atoms with Crippen LogP contribution >= 0.6 is 11.6 Å². The number of halogens is 1. The minimum Gasteiger partial charge on any atom is -0.356 e. The van der Waals surface area contributed by atoms with Gasteiger partial charge < -0.3 is 15.2 Å². The van der Waals surface area contributed by atoms with Crippen molar-refractivity contribution in [1.82, 2.24) is 20.8 Å². The van der Waals surface area contributed by atoms with Crippen molar-refractivity contribution in [3.63, 3.8) is 0 Å². The van der Waals surface area contributed by atoms with E-state index in [9.17, 15) is 0 Å². The Labute approximate surface area is 166 Å². The van der Waals surface area contributed by atoms with E-state index in [2.05, 4.69) is 45.7 Å². The maximum atomic E-state index is 6.09. The lowest BCUT2D eigenvalue weighted by Gasteiger charge is -2.26. The first-order valence-corrected chi connectivity index (χ1v) is 9.49. The van der Waals surface area contributed by atoms with E-state index in [-0.39, 0.29) is 10.8 Å². The van der Waals surface area contributed by atoms with E-state index in [0.717, 1.165) is 18.0 Å². The minimum absolute atomic E-state index is 0.0356. The van der Waals surface area contributed by atoms with Gasteiger partial charge in [-0.3, -0.25) is 4.99 Å². The van der Waals surface area contributed by atoms with Crippen molar-refractivity contribution in [3.8, 4) is 0 Å². The summed E-state index contributed by atoms with van der Waals surface area (Å²) >= 11 is 6.09. The normalized spacial score (nSPS) is 12.9. The average molecular weight is 392 g/mol. The summed E-state index contributed by atoms with van der Waals surface area (Å²) in [4.78, 5) is 8.70. The molecule has 0 atom stereocenters. The zero-order valence-electron chi connectivity index (χ0n) is 17.1. The second kappa shape index (κ2) is 8.74. The fourth-order valence-corrected chi connectivity index (χ4v) is 2.81. The minimum atomic E-state index is -0.157. The molecule has 0 fully saturated rings. The van der Waals surface area contributed by atoms with Crippen molar-refractivity contribution in [2.75, 3.05) is 13.6 Å². The molecule has 0 aliphatic heterocycles. The predicted molar refractivity (Wildman–Crippen MR) is 110 cm³/mol. The van der Waals surface area contributed by atoms with Crippen LogP contribution in [0.25, 0.3) is 0 Å². The summed E-state index contributed by atoms with van der Waals surface area (Å²) in [6, 6.07) is 7.99. The number of nitrogens with one attached hydrogen (secondary N) is 2. The molecule has 148 valence electrons. The van der Waals surface area contributed by atoms with Crippen LogP contribution in [0, 0.1) is 5.41 Å². The Balaban J connectivity index is 1.86. The van der Waals surface area contributed by atoms with Gasteiger partial charge in [-0.25, -0.2) is 0 Å². The molecule has 0 unspecified atom stereocenters. The Morgan fingerprint density at radius 2 is 1.93 bits per heavy atom. The summed E-state index contributed by atoms with van der Waals surface area (Å²) in [6.45, 7) is 11.8. The molecule has 2 aromatic rings. The van der Waals surface area contributed by atoms with Crippen LogP contribution in [0.1, 0.15) is 51.9 Å². The predicted octanol–water partition coefficient (Wildman–Crippen LogP) is 3.95. The molecule has 6 nitrogen and oxygen atoms in total. The molecule has 1 aromatic heterocycles. The van der Waals surface area contributed by atoms with Crippen LogP contribution in [0.2, 0.25) is 5.02 Å². The zero-order valence-corrected chi connectivity index (χ0v) is 17.8. The molecule has 0 bridgehead atoms. The molecule has 0 saturated heterocycles. The molecule has 1 heterocycles. The third-order valence-electron chi connectivity index (χ3n) is 4.05. The molecule has 7 heteroatoms. The summed E-state index contributed by atoms with van der Waals surface area (Å²) in [7, 11) is 1.75. The quantitative estimate of drug-likeness (QED) is 0.576. The highest BCUT2D eigenvalue weighted by Crippen LogP contribution is 2.23. The number of benzene rings is 1. The van der Waals surface area contributed by atoms with E-state index >= 15 is 0 Å². The average Bonchev–Trinajstić information content (AvgIpc) is 3.04. The third-order valence-corrected chi connectivity index (χ3v) is 4.29. The first kappa shape index (κ1) is 21.2. The highest BCUT2D eigenvalue weighted by Gasteiger charge is 2.22. The van der Waals surface area contributed by atoms with E-state index in [4.69, 9.17) is 16.1 Å². The van der Waals surface area contributed by atoms with Crippen LogP contribution in [0.4, 0.5) is 0 Å². The van der Waals surface area contributed by atoms with Crippen LogP contribution in [0.3, 0.4) is 0 Å². The van der Waals surface area contributed by atoms with Gasteiger partial charge in [-0.05, 0) is 29.5 Å². The van der Waals surface area contributed by atoms with E-state index in [0.29, 0.717) is 24.2 Å². The largest absolute Gasteiger partial charge is 0.356 e. The maximum Gasteiger partial charge on any atom is 0.232 e. The van der Waals surface area contributed by atoms with E-state index in [1.165, 1.54) is 5.56 Å². The first-order chi connectivity index (χ1) is 12.6. The molecule has 1 aromatic carbocycles. The number of hydrogen-bond donors (Lipinski definition) is 2. The van der Waals surface area contributed by atoms with Crippen molar-refractivity contribution < 1.29 is 4.52 Å². The van der Waals surface area contributed by atoms with Gasteiger partial charge in [-0.15, -0.1) is 0 Å². The van der Waals surface area contributed by atoms with Gasteiger partial charge in [-0.1, -0.05) is 63.5 Å². The van der Waals surface area contributed by atoms with Gasteiger partial charge in [0.05, 0.1) is 6.54 Å². The monoisotopic (exact) mass is 391 g/mol. The van der Waals surface area contributed by atoms with Gasteiger partial charge in [0, 0.05) is 24.0 Å². The number of rotatable bonds is 6. The standard InChI is InChI=1S/C20H30ClN5O/c1-19(2,3)17-25-16(26-27-17)12-23-18(22-6)24-13-20(4,5)11-14-8-7-9-15(21)10-14/h7-10H,11-13H2,1-6H3,(H2,22,23,24). The van der Waals surface area contributed by atoms with Gasteiger partial charge >= 0.3 is 0 Å². The van der Waals surface area contributed by atoms with Crippen molar-refractivity contribution in [2.24, 2.45) is 10.4 Å². The Hall–Kier alpha value is -2.08. The second-order valence-electron chi connectivity index (χ2n) is 8.52. The SMILES string of the molecule is CN=C(NCc1noc(C(C)(C)C)n1)NCC(C)(C)Cc1cccc(Cl)c1. The summed E-state index contributed by atoms with van der Waals surface area (Å²) in [5.41, 5.74) is 1.10. The number of aliphatic imine (C=N–C) groups is 1. The topological polar surface area (TPSA) is 75.3 Å². The highest BCUT2D eigenvalue weighted by molar-refractivity contribution is 6.30. The smallest absolute Gasteiger partial charge is 0.232 e. The fraction of sp³-hybridized carbons (Fsp3) is 0.550. The summed E-state index contributed by atoms with van der Waals surface area (Å²) in [6.07, 6.45) is 0.914. The summed E-state index contributed by atoms with van der Waals surface area (Å²) in [5, 5.41) is 11.4. The Kier molecular flexibility index (Phi) is 6.87. The Morgan fingerprint density at radius 3 is 2.52 bits per heavy atom. The number of aromatic nitrogens is 2. The molecule has 0 amide bonds. The zero-order chi connectivity index (χ0) is 20.1. The fourth-order valence-electron chi connectivity index (χ4n) is 2.60. The molecular weight excluding hydrogens is 362 g/mol. The first-order valence-electron chi connectivity index (χ1n) is 9.11. The number of guanidine groups is 1. The van der Waals surface area contributed by atoms with Crippen LogP contribution in [-0.2, 0) is 18.4 Å². The molecule has 0 saturated carbocycles. The third kappa shape index (κ3) is 6.86. The number of nitrogens with zero attached hydrogens (tertiary/aromatic N) is 3. The molecule has 2 rings (SSSR count). The Bertz CT molecular complexity index is 777. The van der Waals surface area contributed by atoms with E-state index < -0.39 is 0 Å². The molecular formula is C20H30ClN5O. The molecule has 2 N–H and O–H groups in total. The van der Waals surface area contributed by atoms with Crippen molar-refractivity contribution in [2.45, 2.75) is 53.0 Å². The van der Waals surface area contributed by atoms with Crippen LogP contribution in [0.5, 0.6) is 0 Å². The van der Waals surface area contributed by atoms with Gasteiger partial charge in [0.25, 0.3) is 0 Å². The van der Waals surface area contributed by atoms with Gasteiger partial charge in [0.2, 0.25) is 5.89 Å². The van der Waals surface area contributed by atoms with Crippen LogP contribution in [0.15, 0.2) is 33.8 Å². The molecule has 0 aliphatic carbocycles. The lowest BCUT2D eigenvalue weighted by molar-refractivity contribution is 0.318. The van der Waals surface area contributed by atoms with E-state index in [1.807, 2.05) is 39.0 Å². The lowest BCUT2D eigenvalue weighted by atomic mass is 9.86. The Morgan fingerprint density at radius 1 is 1.19 bits per heavy atom. The van der Waals surface area contributed by atoms with E-state index in [1.54, 1.807) is 7.05 Å². The number of hydrogen-bond acceptors (Lipinski definition) is 4. The van der Waals surface area contributed by atoms with Gasteiger partial charge in [0.15, 0.2) is 11.8 Å². The van der Waals surface area contributed by atoms with Gasteiger partial charge in [0.1, 0.15) is 0 Å². The van der Waals surface area contributed by atoms with Crippen molar-refractivity contribution in [3.05, 3.63) is 46.6 Å². The van der Waals surface area contributed by atoms with Crippen molar-refractivity contribution in [1.29, 1.82) is 0 Å². The summed E-state index contributed by atoms with van der Waals surface area (Å²) < 4.78 is 5.31. The van der Waals surface area contributed by atoms with Crippen molar-refractivity contribution >= 4 is 17.6 Å². The van der Waals surface area contributed by atoms with Crippen LogP contribution < -0.4 is 10.6 Å². The maximum absolute atomic E-state index is 6.09.